The Labute approximate surface area is 89.9 Å². The Kier molecular flexibility index (Phi) is 3.08. The fourth-order valence-corrected chi connectivity index (χ4v) is 1.82. The van der Waals surface area contributed by atoms with Crippen LogP contribution >= 0.6 is 0 Å². The highest BCUT2D eigenvalue weighted by Crippen LogP contribution is 2.30. The number of anilines is 1. The molecule has 1 aromatic carbocycles. The second kappa shape index (κ2) is 4.70. The SMILES string of the molecule is N#CCCN1CCCOc2ccccc21. The van der Waals surface area contributed by atoms with E-state index in [9.17, 15) is 0 Å². The zero-order valence-electron chi connectivity index (χ0n) is 8.65. The first-order valence-electron chi connectivity index (χ1n) is 5.25. The summed E-state index contributed by atoms with van der Waals surface area (Å²) >= 11 is 0. The first-order chi connectivity index (χ1) is 7.42. The van der Waals surface area contributed by atoms with Gasteiger partial charge < -0.3 is 9.64 Å². The van der Waals surface area contributed by atoms with Crippen molar-refractivity contribution in [3.63, 3.8) is 0 Å². The van der Waals surface area contributed by atoms with Crippen LogP contribution in [0.4, 0.5) is 5.69 Å². The quantitative estimate of drug-likeness (QED) is 0.737. The molecule has 3 heteroatoms. The van der Waals surface area contributed by atoms with Crippen molar-refractivity contribution in [2.75, 3.05) is 24.6 Å². The van der Waals surface area contributed by atoms with Gasteiger partial charge in [0.05, 0.1) is 24.8 Å². The van der Waals surface area contributed by atoms with Crippen LogP contribution < -0.4 is 9.64 Å². The number of hydrogen-bond acceptors (Lipinski definition) is 3. The van der Waals surface area contributed by atoms with E-state index in [1.807, 2.05) is 18.2 Å². The third kappa shape index (κ3) is 2.21. The van der Waals surface area contributed by atoms with Gasteiger partial charge in [-0.25, -0.2) is 0 Å². The smallest absolute Gasteiger partial charge is 0.142 e. The van der Waals surface area contributed by atoms with Crippen molar-refractivity contribution in [3.05, 3.63) is 24.3 Å². The largest absolute Gasteiger partial charge is 0.491 e. The molecule has 0 aromatic heterocycles. The second-order valence-corrected chi connectivity index (χ2v) is 3.56. The molecule has 1 aromatic rings. The molecule has 1 heterocycles. The zero-order valence-corrected chi connectivity index (χ0v) is 8.65. The van der Waals surface area contributed by atoms with Crippen LogP contribution in [0, 0.1) is 11.3 Å². The average molecular weight is 202 g/mol. The van der Waals surface area contributed by atoms with Crippen LogP contribution in [-0.2, 0) is 0 Å². The number of rotatable bonds is 2. The number of nitriles is 1. The molecule has 0 saturated heterocycles. The van der Waals surface area contributed by atoms with Crippen LogP contribution in [0.15, 0.2) is 24.3 Å². The van der Waals surface area contributed by atoms with Gasteiger partial charge in [-0.3, -0.25) is 0 Å². The van der Waals surface area contributed by atoms with Crippen molar-refractivity contribution in [2.24, 2.45) is 0 Å². The van der Waals surface area contributed by atoms with Crippen molar-refractivity contribution < 1.29 is 4.74 Å². The van der Waals surface area contributed by atoms with Gasteiger partial charge in [-0.15, -0.1) is 0 Å². The molecular weight excluding hydrogens is 188 g/mol. The molecule has 0 saturated carbocycles. The van der Waals surface area contributed by atoms with Gasteiger partial charge in [-0.2, -0.15) is 5.26 Å². The molecule has 1 aliphatic heterocycles. The first-order valence-corrected chi connectivity index (χ1v) is 5.25. The molecule has 0 amide bonds. The van der Waals surface area contributed by atoms with E-state index in [1.165, 1.54) is 0 Å². The summed E-state index contributed by atoms with van der Waals surface area (Å²) in [5, 5.41) is 8.61. The molecule has 0 N–H and O–H groups in total. The van der Waals surface area contributed by atoms with Crippen LogP contribution in [-0.4, -0.2) is 19.7 Å². The van der Waals surface area contributed by atoms with E-state index >= 15 is 0 Å². The lowest BCUT2D eigenvalue weighted by Gasteiger charge is -2.22. The Hall–Kier alpha value is -1.69. The summed E-state index contributed by atoms with van der Waals surface area (Å²) in [6.45, 7) is 2.52. The fourth-order valence-electron chi connectivity index (χ4n) is 1.82. The van der Waals surface area contributed by atoms with Crippen molar-refractivity contribution in [1.82, 2.24) is 0 Å². The fraction of sp³-hybridized carbons (Fsp3) is 0.417. The lowest BCUT2D eigenvalue weighted by Crippen LogP contribution is -2.24. The minimum absolute atomic E-state index is 0.564. The van der Waals surface area contributed by atoms with Crippen LogP contribution in [0.3, 0.4) is 0 Å². The molecule has 1 aliphatic rings. The van der Waals surface area contributed by atoms with E-state index in [4.69, 9.17) is 10.00 Å². The molecular formula is C12H14N2O. The zero-order chi connectivity index (χ0) is 10.5. The highest BCUT2D eigenvalue weighted by atomic mass is 16.5. The second-order valence-electron chi connectivity index (χ2n) is 3.56. The molecule has 78 valence electrons. The Bertz CT molecular complexity index is 370. The molecule has 3 nitrogen and oxygen atoms in total. The molecule has 0 atom stereocenters. The number of fused-ring (bicyclic) bond motifs is 1. The predicted molar refractivity (Wildman–Crippen MR) is 59.0 cm³/mol. The standard InChI is InChI=1S/C12H14N2O/c13-7-3-8-14-9-4-10-15-12-6-2-1-5-11(12)14/h1-2,5-6H,3-4,8-10H2. The molecule has 0 unspecified atom stereocenters. The van der Waals surface area contributed by atoms with Gasteiger partial charge in [-0.05, 0) is 18.6 Å². The van der Waals surface area contributed by atoms with Gasteiger partial charge in [0.25, 0.3) is 0 Å². The molecule has 0 radical (unpaired) electrons. The first kappa shape index (κ1) is 9.85. The Balaban J connectivity index is 2.21. The van der Waals surface area contributed by atoms with Gasteiger partial charge in [0.15, 0.2) is 0 Å². The van der Waals surface area contributed by atoms with Crippen LogP contribution in [0.25, 0.3) is 0 Å². The molecule has 0 spiro atoms. The summed E-state index contributed by atoms with van der Waals surface area (Å²) in [5.74, 6) is 0.938. The summed E-state index contributed by atoms with van der Waals surface area (Å²) < 4.78 is 5.63. The van der Waals surface area contributed by atoms with E-state index in [2.05, 4.69) is 17.0 Å². The van der Waals surface area contributed by atoms with Gasteiger partial charge in [0.1, 0.15) is 5.75 Å². The molecule has 2 rings (SSSR count). The lowest BCUT2D eigenvalue weighted by atomic mass is 10.2. The normalized spacial score (nSPS) is 14.7. The Morgan fingerprint density at radius 2 is 2.27 bits per heavy atom. The van der Waals surface area contributed by atoms with E-state index in [1.54, 1.807) is 0 Å². The third-order valence-corrected chi connectivity index (χ3v) is 2.53. The third-order valence-electron chi connectivity index (χ3n) is 2.53. The number of benzene rings is 1. The predicted octanol–water partition coefficient (Wildman–Crippen LogP) is 2.19. The van der Waals surface area contributed by atoms with E-state index in [0.717, 1.165) is 37.6 Å². The summed E-state index contributed by atoms with van der Waals surface area (Å²) in [7, 11) is 0. The molecule has 0 fully saturated rings. The average Bonchev–Trinajstić information content (AvgIpc) is 2.49. The minimum atomic E-state index is 0.564. The number of nitrogens with zero attached hydrogens (tertiary/aromatic N) is 2. The lowest BCUT2D eigenvalue weighted by molar-refractivity contribution is 0.322. The highest BCUT2D eigenvalue weighted by molar-refractivity contribution is 5.58. The summed E-state index contributed by atoms with van der Waals surface area (Å²) in [5.41, 5.74) is 1.12. The monoisotopic (exact) mass is 202 g/mol. The van der Waals surface area contributed by atoms with Gasteiger partial charge >= 0.3 is 0 Å². The van der Waals surface area contributed by atoms with Crippen molar-refractivity contribution >= 4 is 5.69 Å². The van der Waals surface area contributed by atoms with Gasteiger partial charge in [0, 0.05) is 13.1 Å². The van der Waals surface area contributed by atoms with Crippen LogP contribution in [0.2, 0.25) is 0 Å². The number of hydrogen-bond donors (Lipinski definition) is 0. The maximum Gasteiger partial charge on any atom is 0.142 e. The van der Waals surface area contributed by atoms with Crippen LogP contribution in [0.5, 0.6) is 5.75 Å². The maximum absolute atomic E-state index is 8.61. The topological polar surface area (TPSA) is 36.3 Å². The molecule has 0 aliphatic carbocycles. The summed E-state index contributed by atoms with van der Waals surface area (Å²) in [6.07, 6.45) is 1.58. The van der Waals surface area contributed by atoms with Crippen molar-refractivity contribution in [1.29, 1.82) is 5.26 Å². The number of ether oxygens (including phenoxy) is 1. The molecule has 0 bridgehead atoms. The maximum atomic E-state index is 8.61. The van der Waals surface area contributed by atoms with Crippen LogP contribution in [0.1, 0.15) is 12.8 Å². The number of para-hydroxylation sites is 2. The van der Waals surface area contributed by atoms with E-state index in [0.29, 0.717) is 6.42 Å². The van der Waals surface area contributed by atoms with Crippen molar-refractivity contribution in [3.8, 4) is 11.8 Å². The van der Waals surface area contributed by atoms with E-state index < -0.39 is 0 Å². The Morgan fingerprint density at radius 3 is 3.13 bits per heavy atom. The summed E-state index contributed by atoms with van der Waals surface area (Å²) in [4.78, 5) is 2.23. The van der Waals surface area contributed by atoms with Crippen molar-refractivity contribution in [2.45, 2.75) is 12.8 Å². The molecule has 15 heavy (non-hydrogen) atoms. The van der Waals surface area contributed by atoms with Gasteiger partial charge in [0.2, 0.25) is 0 Å². The van der Waals surface area contributed by atoms with E-state index in [-0.39, 0.29) is 0 Å². The Morgan fingerprint density at radius 1 is 1.40 bits per heavy atom. The summed E-state index contributed by atoms with van der Waals surface area (Å²) in [6, 6.07) is 10.2. The highest BCUT2D eigenvalue weighted by Gasteiger charge is 2.14. The van der Waals surface area contributed by atoms with Gasteiger partial charge in [-0.1, -0.05) is 12.1 Å². The minimum Gasteiger partial charge on any atom is -0.491 e.